The summed E-state index contributed by atoms with van der Waals surface area (Å²) in [5, 5.41) is 10.2. The van der Waals surface area contributed by atoms with E-state index in [1.807, 2.05) is 6.07 Å². The van der Waals surface area contributed by atoms with Crippen molar-refractivity contribution in [1.82, 2.24) is 0 Å². The molecule has 0 unspecified atom stereocenters. The fourth-order valence-electron chi connectivity index (χ4n) is 6.03. The largest absolute Gasteiger partial charge is 0.380 e. The van der Waals surface area contributed by atoms with Gasteiger partial charge in [-0.2, -0.15) is 22.0 Å². The van der Waals surface area contributed by atoms with Crippen molar-refractivity contribution in [2.24, 2.45) is 27.5 Å². The third kappa shape index (κ3) is 4.09. The van der Waals surface area contributed by atoms with Gasteiger partial charge < -0.3 is 4.18 Å². The molecule has 1 aromatic carbocycles. The van der Waals surface area contributed by atoms with Crippen LogP contribution >= 0.6 is 15.9 Å². The lowest BCUT2D eigenvalue weighted by Crippen LogP contribution is -2.45. The molecule has 4 rings (SSSR count). The number of halogens is 1. The Labute approximate surface area is 180 Å². The molecule has 162 valence electrons. The van der Waals surface area contributed by atoms with Crippen LogP contribution in [0.15, 0.2) is 16.6 Å². The Morgan fingerprint density at radius 1 is 1.07 bits per heavy atom. The van der Waals surface area contributed by atoms with Gasteiger partial charge in [0.1, 0.15) is 0 Å². The summed E-state index contributed by atoms with van der Waals surface area (Å²) in [4.78, 5) is 0. The number of benzene rings is 1. The average Bonchev–Trinajstić information content (AvgIpc) is 2.89. The first-order valence-electron chi connectivity index (χ1n) is 9.63. The van der Waals surface area contributed by atoms with Crippen molar-refractivity contribution in [1.29, 1.82) is 0 Å². The molecule has 2 saturated carbocycles. The molecule has 11 heteroatoms. The molecule has 4 N–H and O–H groups in total. The molecule has 1 aromatic rings. The van der Waals surface area contributed by atoms with Crippen molar-refractivity contribution >= 4 is 36.5 Å². The van der Waals surface area contributed by atoms with Crippen molar-refractivity contribution in [2.75, 3.05) is 0 Å². The van der Waals surface area contributed by atoms with Crippen molar-refractivity contribution in [3.05, 3.63) is 27.7 Å². The van der Waals surface area contributed by atoms with Gasteiger partial charge in [0.25, 0.3) is 0 Å². The molecule has 0 spiro atoms. The van der Waals surface area contributed by atoms with E-state index in [-0.39, 0.29) is 17.3 Å². The smallest absolute Gasteiger partial charge is 0.370 e. The van der Waals surface area contributed by atoms with Crippen LogP contribution in [-0.4, -0.2) is 22.9 Å². The van der Waals surface area contributed by atoms with Crippen molar-refractivity contribution in [3.8, 4) is 5.75 Å². The highest BCUT2D eigenvalue weighted by Crippen LogP contribution is 2.62. The van der Waals surface area contributed by atoms with Gasteiger partial charge in [0.05, 0.1) is 10.6 Å². The van der Waals surface area contributed by atoms with Crippen LogP contribution in [0.3, 0.4) is 0 Å². The molecule has 0 saturated heterocycles. The lowest BCUT2D eigenvalue weighted by molar-refractivity contribution is -0.00802. The molecule has 0 radical (unpaired) electrons. The van der Waals surface area contributed by atoms with E-state index in [1.165, 1.54) is 5.56 Å². The van der Waals surface area contributed by atoms with Gasteiger partial charge in [-0.3, -0.25) is 4.18 Å². The van der Waals surface area contributed by atoms with Gasteiger partial charge in [0.15, 0.2) is 5.75 Å². The highest BCUT2D eigenvalue weighted by molar-refractivity contribution is 9.10. The number of hydrogen-bond donors (Lipinski definition) is 2. The van der Waals surface area contributed by atoms with Crippen LogP contribution in [-0.2, 0) is 31.2 Å². The number of rotatable bonds is 4. The molecule has 8 nitrogen and oxygen atoms in total. The topological polar surface area (TPSA) is 139 Å². The minimum atomic E-state index is -4.09. The summed E-state index contributed by atoms with van der Waals surface area (Å²) < 4.78 is 56.3. The molecule has 3 aliphatic carbocycles. The molecule has 0 aromatic heterocycles. The van der Waals surface area contributed by atoms with E-state index in [1.54, 1.807) is 6.07 Å². The third-order valence-electron chi connectivity index (χ3n) is 7.15. The Kier molecular flexibility index (Phi) is 5.31. The van der Waals surface area contributed by atoms with E-state index in [0.717, 1.165) is 37.7 Å². The summed E-state index contributed by atoms with van der Waals surface area (Å²) in [5.41, 5.74) is 2.07. The summed E-state index contributed by atoms with van der Waals surface area (Å²) in [6.07, 6.45) is 4.76. The summed E-state index contributed by atoms with van der Waals surface area (Å²) >= 11 is 3.41. The molecular formula is C18H25BrN2O6S2. The SMILES string of the molecule is C[C@]12CC[C@@H]3c4cc(Br)c(OS(N)(=O)=O)cc4CC[C@H]3[C@@H]1CC[C@@H]2OS(N)(=O)=O. The first kappa shape index (κ1) is 21.5. The zero-order valence-corrected chi connectivity index (χ0v) is 19.2. The maximum Gasteiger partial charge on any atom is 0.380 e. The van der Waals surface area contributed by atoms with E-state index in [9.17, 15) is 16.8 Å². The molecule has 2 fully saturated rings. The summed E-state index contributed by atoms with van der Waals surface area (Å²) in [7, 11) is -8.07. The second kappa shape index (κ2) is 7.16. The Morgan fingerprint density at radius 3 is 2.45 bits per heavy atom. The number of nitrogens with two attached hydrogens (primary N) is 2. The molecule has 0 heterocycles. The van der Waals surface area contributed by atoms with Crippen LogP contribution < -0.4 is 14.5 Å². The standard InChI is InChI=1S/C18H25BrN2O6S2/c1-18-7-6-11-12(14(18)4-5-17(18)27-29(21,24)25)3-2-10-8-16(26-28(20,22)23)15(19)9-13(10)11/h8-9,11-12,14,17H,2-7H2,1H3,(H2,20,22,23)(H2,21,24,25)/t11-,12+,14-,17-,18-/m0/s1. The molecule has 3 aliphatic rings. The fraction of sp³-hybridized carbons (Fsp3) is 0.667. The first-order chi connectivity index (χ1) is 13.4. The summed E-state index contributed by atoms with van der Waals surface area (Å²) in [5.74, 6) is 1.32. The van der Waals surface area contributed by atoms with Crippen LogP contribution in [0, 0.1) is 17.3 Å². The Bertz CT molecular complexity index is 1040. The van der Waals surface area contributed by atoms with Gasteiger partial charge in [-0.15, -0.1) is 0 Å². The minimum absolute atomic E-state index is 0.202. The number of fused-ring (bicyclic) bond motifs is 5. The normalized spacial score (nSPS) is 34.2. The first-order valence-corrected chi connectivity index (χ1v) is 13.4. The molecule has 0 aliphatic heterocycles. The highest BCUT2D eigenvalue weighted by atomic mass is 79.9. The highest BCUT2D eigenvalue weighted by Gasteiger charge is 2.56. The maximum atomic E-state index is 11.5. The minimum Gasteiger partial charge on any atom is -0.370 e. The Hall–Kier alpha value is -0.720. The quantitative estimate of drug-likeness (QED) is 0.640. The van der Waals surface area contributed by atoms with E-state index >= 15 is 0 Å². The number of aryl methyl sites for hydroxylation is 1. The van der Waals surface area contributed by atoms with Crippen LogP contribution in [0.1, 0.15) is 56.1 Å². The summed E-state index contributed by atoms with van der Waals surface area (Å²) in [6, 6.07) is 3.71. The average molecular weight is 509 g/mol. The molecule has 0 amide bonds. The van der Waals surface area contributed by atoms with E-state index in [0.29, 0.717) is 28.6 Å². The van der Waals surface area contributed by atoms with Crippen LogP contribution in [0.4, 0.5) is 0 Å². The second-order valence-electron chi connectivity index (χ2n) is 8.67. The van der Waals surface area contributed by atoms with Gasteiger partial charge >= 0.3 is 20.6 Å². The van der Waals surface area contributed by atoms with Gasteiger partial charge in [-0.1, -0.05) is 6.92 Å². The monoisotopic (exact) mass is 508 g/mol. The van der Waals surface area contributed by atoms with Crippen LogP contribution in [0.5, 0.6) is 5.75 Å². The zero-order valence-electron chi connectivity index (χ0n) is 16.0. The van der Waals surface area contributed by atoms with Gasteiger partial charge in [0, 0.05) is 0 Å². The molecule has 0 bridgehead atoms. The second-order valence-corrected chi connectivity index (χ2v) is 11.9. The molecule has 29 heavy (non-hydrogen) atoms. The van der Waals surface area contributed by atoms with E-state index < -0.39 is 20.6 Å². The molecule has 5 atom stereocenters. The Balaban J connectivity index is 1.63. The molecular weight excluding hydrogens is 484 g/mol. The summed E-state index contributed by atoms with van der Waals surface area (Å²) in [6.45, 7) is 2.13. The van der Waals surface area contributed by atoms with Gasteiger partial charge in [-0.05, 0) is 101 Å². The Morgan fingerprint density at radius 2 is 1.79 bits per heavy atom. The third-order valence-corrected chi connectivity index (χ3v) is 8.68. The van der Waals surface area contributed by atoms with Crippen molar-refractivity contribution in [2.45, 2.75) is 57.5 Å². The zero-order chi connectivity index (χ0) is 21.2. The number of hydrogen-bond acceptors (Lipinski definition) is 6. The fourth-order valence-corrected chi connectivity index (χ4v) is 7.61. The van der Waals surface area contributed by atoms with Crippen LogP contribution in [0.2, 0.25) is 0 Å². The predicted octanol–water partition coefficient (Wildman–Crippen LogP) is 2.48. The van der Waals surface area contributed by atoms with Crippen molar-refractivity contribution < 1.29 is 25.2 Å². The van der Waals surface area contributed by atoms with E-state index in [2.05, 4.69) is 22.9 Å². The maximum absolute atomic E-state index is 11.5. The van der Waals surface area contributed by atoms with Crippen molar-refractivity contribution in [3.63, 3.8) is 0 Å². The predicted molar refractivity (Wildman–Crippen MR) is 110 cm³/mol. The lowest BCUT2D eigenvalue weighted by atomic mass is 9.55. The van der Waals surface area contributed by atoms with Crippen LogP contribution in [0.25, 0.3) is 0 Å². The van der Waals surface area contributed by atoms with Gasteiger partial charge in [0.2, 0.25) is 0 Å². The van der Waals surface area contributed by atoms with Gasteiger partial charge in [-0.25, -0.2) is 5.14 Å². The lowest BCUT2D eigenvalue weighted by Gasteiger charge is -2.50. The van der Waals surface area contributed by atoms with E-state index in [4.69, 9.17) is 18.6 Å².